The number of nitrogens with one attached hydrogen (secondary N) is 1. The zero-order chi connectivity index (χ0) is 21.0. The lowest BCUT2D eigenvalue weighted by molar-refractivity contribution is -0.733. The van der Waals surface area contributed by atoms with Crippen LogP contribution in [0.25, 0.3) is 0 Å². The molecule has 0 spiro atoms. The molecule has 0 unspecified atom stereocenters. The van der Waals surface area contributed by atoms with Crippen LogP contribution in [0.2, 0.25) is 0 Å². The number of quaternary nitrogens is 1. The Hall–Kier alpha value is -3.10. The van der Waals surface area contributed by atoms with Gasteiger partial charge in [0, 0.05) is 30.7 Å². The molecule has 8 heteroatoms. The van der Waals surface area contributed by atoms with E-state index in [-0.39, 0.29) is 5.91 Å². The second kappa shape index (κ2) is 8.73. The van der Waals surface area contributed by atoms with Crippen LogP contribution in [0.15, 0.2) is 52.8 Å². The second-order valence-electron chi connectivity index (χ2n) is 7.35. The smallest absolute Gasteiger partial charge is 0.274 e. The molecule has 0 aliphatic carbocycles. The average Bonchev–Trinajstić information content (AvgIpc) is 3.24. The van der Waals surface area contributed by atoms with Crippen molar-refractivity contribution in [1.82, 2.24) is 4.98 Å². The Morgan fingerprint density at radius 2 is 1.97 bits per heavy atom. The Balaban J connectivity index is 1.51. The van der Waals surface area contributed by atoms with Crippen LogP contribution in [0.3, 0.4) is 0 Å². The maximum Gasteiger partial charge on any atom is 0.274 e. The fourth-order valence-electron chi connectivity index (χ4n) is 3.82. The van der Waals surface area contributed by atoms with Crippen LogP contribution in [0.4, 0.5) is 11.4 Å². The third kappa shape index (κ3) is 3.96. The minimum atomic E-state index is -0.237. The molecule has 0 atom stereocenters. The van der Waals surface area contributed by atoms with Crippen LogP contribution >= 0.6 is 0 Å². The molecule has 2 aliphatic rings. The Kier molecular flexibility index (Phi) is 5.87. The standard InChI is InChI=1S/C22H26N6O2/c1-3-28(4-2)16-24-26-21(28)17-6-5-7-18(14-17)25-22(29)20-15-19(8-9-23-20)27-10-12-30-13-11-27/h5-9,14-16H,3-4,10-13H2,1-2H3/p+1. The number of ether oxygens (including phenoxy) is 1. The summed E-state index contributed by atoms with van der Waals surface area (Å²) >= 11 is 0. The average molecular weight is 407 g/mol. The van der Waals surface area contributed by atoms with Gasteiger partial charge in [0.15, 0.2) is 0 Å². The van der Waals surface area contributed by atoms with Crippen LogP contribution in [0, 0.1) is 0 Å². The van der Waals surface area contributed by atoms with E-state index in [0.29, 0.717) is 29.1 Å². The van der Waals surface area contributed by atoms with E-state index < -0.39 is 0 Å². The van der Waals surface area contributed by atoms with Gasteiger partial charge in [0.1, 0.15) is 5.69 Å². The van der Waals surface area contributed by atoms with Crippen molar-refractivity contribution in [1.29, 1.82) is 0 Å². The van der Waals surface area contributed by atoms with Crippen LogP contribution in [-0.4, -0.2) is 66.9 Å². The quantitative estimate of drug-likeness (QED) is 0.747. The minimum Gasteiger partial charge on any atom is -0.378 e. The number of amides is 1. The summed E-state index contributed by atoms with van der Waals surface area (Å²) in [6.45, 7) is 8.99. The summed E-state index contributed by atoms with van der Waals surface area (Å²) in [5.74, 6) is 0.655. The third-order valence-electron chi connectivity index (χ3n) is 5.71. The first-order chi connectivity index (χ1) is 14.6. The summed E-state index contributed by atoms with van der Waals surface area (Å²) in [5.41, 5.74) is 3.02. The Morgan fingerprint density at radius 3 is 2.73 bits per heavy atom. The molecule has 1 aromatic carbocycles. The number of carbonyl (C=O) groups is 1. The molecule has 8 nitrogen and oxygen atoms in total. The molecule has 2 aliphatic heterocycles. The van der Waals surface area contributed by atoms with Gasteiger partial charge < -0.3 is 15.0 Å². The molecule has 0 radical (unpaired) electrons. The van der Waals surface area contributed by atoms with E-state index in [2.05, 4.69) is 39.3 Å². The molecular weight excluding hydrogens is 380 g/mol. The number of pyridine rings is 1. The van der Waals surface area contributed by atoms with Gasteiger partial charge in [-0.3, -0.25) is 9.78 Å². The number of rotatable bonds is 6. The Morgan fingerprint density at radius 1 is 1.17 bits per heavy atom. The minimum absolute atomic E-state index is 0.237. The molecule has 156 valence electrons. The first-order valence-corrected chi connectivity index (χ1v) is 10.4. The van der Waals surface area contributed by atoms with Crippen molar-refractivity contribution >= 4 is 29.5 Å². The molecule has 3 heterocycles. The second-order valence-corrected chi connectivity index (χ2v) is 7.35. The number of benzene rings is 1. The Labute approximate surface area is 176 Å². The van der Waals surface area contributed by atoms with Crippen LogP contribution in [-0.2, 0) is 4.74 Å². The zero-order valence-corrected chi connectivity index (χ0v) is 17.4. The number of hydrogen-bond donors (Lipinski definition) is 1. The van der Waals surface area contributed by atoms with E-state index >= 15 is 0 Å². The Bertz CT molecular complexity index is 977. The van der Waals surface area contributed by atoms with E-state index in [1.807, 2.05) is 42.7 Å². The highest BCUT2D eigenvalue weighted by Crippen LogP contribution is 2.22. The van der Waals surface area contributed by atoms with Crippen molar-refractivity contribution in [3.63, 3.8) is 0 Å². The fraction of sp³-hybridized carbons (Fsp3) is 0.364. The van der Waals surface area contributed by atoms with Gasteiger partial charge in [-0.15, -0.1) is 0 Å². The summed E-state index contributed by atoms with van der Waals surface area (Å²) in [5, 5.41) is 11.5. The summed E-state index contributed by atoms with van der Waals surface area (Å²) in [4.78, 5) is 19.3. The van der Waals surface area contributed by atoms with E-state index in [1.165, 1.54) is 0 Å². The normalized spacial score (nSPS) is 17.7. The van der Waals surface area contributed by atoms with Gasteiger partial charge in [0.25, 0.3) is 11.7 Å². The number of hydrogen-bond acceptors (Lipinski definition) is 6. The molecule has 1 N–H and O–H groups in total. The number of carbonyl (C=O) groups excluding carboxylic acids is 1. The lowest BCUT2D eigenvalue weighted by Gasteiger charge is -2.28. The van der Waals surface area contributed by atoms with Crippen molar-refractivity contribution in [3.8, 4) is 0 Å². The fourth-order valence-corrected chi connectivity index (χ4v) is 3.82. The molecule has 1 aromatic heterocycles. The number of anilines is 2. The van der Waals surface area contributed by atoms with Gasteiger partial charge in [0.05, 0.1) is 31.9 Å². The SMILES string of the molecule is CC[N+]1(CC)C=NN=C1c1cccc(NC(=O)c2cc(N3CCOCC3)ccn2)c1. The van der Waals surface area contributed by atoms with Crippen molar-refractivity contribution < 1.29 is 14.0 Å². The van der Waals surface area contributed by atoms with Gasteiger partial charge in [-0.2, -0.15) is 0 Å². The number of morpholine rings is 1. The topological polar surface area (TPSA) is 79.2 Å². The summed E-state index contributed by atoms with van der Waals surface area (Å²) in [6, 6.07) is 11.5. The van der Waals surface area contributed by atoms with Crippen molar-refractivity contribution in [3.05, 3.63) is 53.9 Å². The van der Waals surface area contributed by atoms with Gasteiger partial charge in [-0.25, -0.2) is 4.48 Å². The molecule has 1 amide bonds. The maximum absolute atomic E-state index is 12.8. The molecule has 4 rings (SSSR count). The molecular formula is C22H27N6O2+. The predicted molar refractivity (Wildman–Crippen MR) is 118 cm³/mol. The summed E-state index contributed by atoms with van der Waals surface area (Å²) in [7, 11) is 0. The number of nitrogens with zero attached hydrogens (tertiary/aromatic N) is 5. The highest BCUT2D eigenvalue weighted by molar-refractivity contribution is 6.05. The monoisotopic (exact) mass is 407 g/mol. The van der Waals surface area contributed by atoms with Crippen LogP contribution in [0.5, 0.6) is 0 Å². The molecule has 1 saturated heterocycles. The van der Waals surface area contributed by atoms with Gasteiger partial charge in [-0.05, 0) is 44.2 Å². The van der Waals surface area contributed by atoms with Crippen molar-refractivity contribution in [2.75, 3.05) is 49.6 Å². The van der Waals surface area contributed by atoms with Gasteiger partial charge >= 0.3 is 0 Å². The lowest BCUT2D eigenvalue weighted by atomic mass is 10.1. The van der Waals surface area contributed by atoms with E-state index in [9.17, 15) is 4.79 Å². The van der Waals surface area contributed by atoms with Crippen molar-refractivity contribution in [2.45, 2.75) is 13.8 Å². The molecule has 2 aromatic rings. The lowest BCUT2D eigenvalue weighted by Crippen LogP contribution is -2.49. The number of aromatic nitrogens is 1. The zero-order valence-electron chi connectivity index (χ0n) is 17.4. The molecule has 0 saturated carbocycles. The van der Waals surface area contributed by atoms with Gasteiger partial charge in [0.2, 0.25) is 6.34 Å². The third-order valence-corrected chi connectivity index (χ3v) is 5.71. The van der Waals surface area contributed by atoms with Crippen LogP contribution < -0.4 is 10.2 Å². The predicted octanol–water partition coefficient (Wildman–Crippen LogP) is 2.73. The highest BCUT2D eigenvalue weighted by Gasteiger charge is 2.35. The van der Waals surface area contributed by atoms with E-state index in [0.717, 1.165) is 43.3 Å². The van der Waals surface area contributed by atoms with E-state index in [4.69, 9.17) is 4.74 Å². The summed E-state index contributed by atoms with van der Waals surface area (Å²) < 4.78 is 6.00. The van der Waals surface area contributed by atoms with Gasteiger partial charge in [-0.1, -0.05) is 16.3 Å². The first kappa shape index (κ1) is 20.2. The maximum atomic E-state index is 12.8. The van der Waals surface area contributed by atoms with Crippen LogP contribution in [0.1, 0.15) is 29.9 Å². The highest BCUT2D eigenvalue weighted by atomic mass is 16.5. The number of amidine groups is 1. The summed E-state index contributed by atoms with van der Waals surface area (Å²) in [6.07, 6.45) is 3.55. The molecule has 0 bridgehead atoms. The largest absolute Gasteiger partial charge is 0.378 e. The van der Waals surface area contributed by atoms with Crippen molar-refractivity contribution in [2.24, 2.45) is 10.2 Å². The molecule has 30 heavy (non-hydrogen) atoms. The first-order valence-electron chi connectivity index (χ1n) is 10.4. The molecule has 1 fully saturated rings. The van der Waals surface area contributed by atoms with E-state index in [1.54, 1.807) is 6.20 Å².